The van der Waals surface area contributed by atoms with Crippen molar-refractivity contribution in [1.82, 2.24) is 5.32 Å². The van der Waals surface area contributed by atoms with Gasteiger partial charge in [-0.1, -0.05) is 301 Å². The molecule has 0 aromatic heterocycles. The van der Waals surface area contributed by atoms with Crippen LogP contribution in [0.25, 0.3) is 0 Å². The van der Waals surface area contributed by atoms with Gasteiger partial charge >= 0.3 is 5.97 Å². The van der Waals surface area contributed by atoms with Crippen LogP contribution in [0.5, 0.6) is 0 Å². The van der Waals surface area contributed by atoms with E-state index in [1.807, 2.05) is 0 Å². The molecule has 414 valence electrons. The average Bonchev–Trinajstić information content (AvgIpc) is 3.36. The second-order valence-corrected chi connectivity index (χ2v) is 21.7. The SMILES string of the molecule is CCCCCCCCCCCCCCCCCCCC(O)C(CO)NC(=O)CCCCCCCCC/C=C\C/C=C\CCCCCCCCCCCOC(=O)CCCCCCCCCCCCCCC. The Balaban J connectivity index is 3.44. The number of carbonyl (C=O) groups excluding carboxylic acids is 2. The molecule has 6 nitrogen and oxygen atoms in total. The van der Waals surface area contributed by atoms with Crippen LogP contribution in [0, 0.1) is 0 Å². The van der Waals surface area contributed by atoms with Gasteiger partial charge in [-0.2, -0.15) is 0 Å². The molecule has 0 fully saturated rings. The molecule has 0 heterocycles. The summed E-state index contributed by atoms with van der Waals surface area (Å²) >= 11 is 0. The van der Waals surface area contributed by atoms with E-state index in [0.717, 1.165) is 44.9 Å². The minimum atomic E-state index is -0.671. The Kier molecular flexibility index (Phi) is 58.5. The van der Waals surface area contributed by atoms with Gasteiger partial charge in [0.2, 0.25) is 5.91 Å². The summed E-state index contributed by atoms with van der Waals surface area (Å²) in [6.07, 6.45) is 73.3. The van der Waals surface area contributed by atoms with E-state index in [9.17, 15) is 19.8 Å². The Bertz CT molecular complexity index is 1090. The topological polar surface area (TPSA) is 95.9 Å². The second kappa shape index (κ2) is 59.9. The summed E-state index contributed by atoms with van der Waals surface area (Å²) in [5.41, 5.74) is 0. The number of amides is 1. The van der Waals surface area contributed by atoms with Crippen molar-refractivity contribution in [2.45, 2.75) is 360 Å². The first-order chi connectivity index (χ1) is 34.5. The molecule has 2 atom stereocenters. The molecular weight excluding hydrogens is 863 g/mol. The summed E-state index contributed by atoms with van der Waals surface area (Å²) < 4.78 is 5.47. The van der Waals surface area contributed by atoms with Gasteiger partial charge in [0, 0.05) is 12.8 Å². The van der Waals surface area contributed by atoms with E-state index in [0.29, 0.717) is 25.9 Å². The number of unbranched alkanes of at least 4 members (excludes halogenated alkanes) is 44. The molecule has 0 radical (unpaired) electrons. The van der Waals surface area contributed by atoms with Crippen molar-refractivity contribution in [1.29, 1.82) is 0 Å². The first-order valence-corrected chi connectivity index (χ1v) is 31.6. The Morgan fingerprint density at radius 3 is 1.09 bits per heavy atom. The van der Waals surface area contributed by atoms with E-state index in [4.69, 9.17) is 4.74 Å². The van der Waals surface area contributed by atoms with Gasteiger partial charge in [0.25, 0.3) is 0 Å². The van der Waals surface area contributed by atoms with E-state index in [-0.39, 0.29) is 18.5 Å². The minimum Gasteiger partial charge on any atom is -0.466 e. The summed E-state index contributed by atoms with van der Waals surface area (Å²) in [6, 6.07) is -0.549. The summed E-state index contributed by atoms with van der Waals surface area (Å²) in [5.74, 6) is -0.0338. The van der Waals surface area contributed by atoms with Crippen LogP contribution in [0.4, 0.5) is 0 Å². The van der Waals surface area contributed by atoms with E-state index in [2.05, 4.69) is 43.5 Å². The van der Waals surface area contributed by atoms with Crippen LogP contribution in [-0.2, 0) is 14.3 Å². The number of hydrogen-bond donors (Lipinski definition) is 3. The molecule has 0 saturated heterocycles. The van der Waals surface area contributed by atoms with Crippen LogP contribution in [0.3, 0.4) is 0 Å². The lowest BCUT2D eigenvalue weighted by Gasteiger charge is -2.22. The number of rotatable bonds is 59. The fourth-order valence-corrected chi connectivity index (χ4v) is 9.91. The van der Waals surface area contributed by atoms with Gasteiger partial charge in [0.1, 0.15) is 0 Å². The number of allylic oxidation sites excluding steroid dienone is 4. The number of aliphatic hydroxyl groups excluding tert-OH is 2. The third-order valence-electron chi connectivity index (χ3n) is 14.8. The molecular formula is C64H123NO5. The molecule has 0 aromatic carbocycles. The maximum Gasteiger partial charge on any atom is 0.305 e. The highest BCUT2D eigenvalue weighted by molar-refractivity contribution is 5.76. The van der Waals surface area contributed by atoms with E-state index >= 15 is 0 Å². The molecule has 0 aliphatic carbocycles. The fourth-order valence-electron chi connectivity index (χ4n) is 9.91. The van der Waals surface area contributed by atoms with Crippen molar-refractivity contribution in [3.8, 4) is 0 Å². The molecule has 0 aromatic rings. The van der Waals surface area contributed by atoms with Gasteiger partial charge in [-0.15, -0.1) is 0 Å². The van der Waals surface area contributed by atoms with Gasteiger partial charge in [0.15, 0.2) is 0 Å². The predicted molar refractivity (Wildman–Crippen MR) is 306 cm³/mol. The van der Waals surface area contributed by atoms with Crippen LogP contribution in [0.2, 0.25) is 0 Å². The zero-order valence-electron chi connectivity index (χ0n) is 47.3. The Labute approximate surface area is 437 Å². The Hall–Kier alpha value is -1.66. The standard InChI is InChI=1S/C64H123NO5/c1-3-5-7-9-11-13-15-17-18-26-29-33-36-40-44-48-52-56-62(67)61(60-66)65-63(68)57-53-49-45-41-37-34-30-27-24-22-20-19-21-23-25-28-31-35-39-43-47-51-55-59-70-64(69)58-54-50-46-42-38-32-16-14-12-10-8-6-4-2/h19,21-22,24,61-62,66-67H,3-18,20,23,25-60H2,1-2H3,(H,65,68)/b21-19-,24-22-. The van der Waals surface area contributed by atoms with E-state index < -0.39 is 12.1 Å². The quantitative estimate of drug-likeness (QED) is 0.0321. The molecule has 2 unspecified atom stereocenters. The highest BCUT2D eigenvalue weighted by Crippen LogP contribution is 2.18. The highest BCUT2D eigenvalue weighted by atomic mass is 16.5. The van der Waals surface area contributed by atoms with Gasteiger partial charge in [-0.3, -0.25) is 9.59 Å². The van der Waals surface area contributed by atoms with Crippen molar-refractivity contribution in [2.75, 3.05) is 13.2 Å². The normalized spacial score (nSPS) is 12.7. The van der Waals surface area contributed by atoms with Crippen LogP contribution < -0.4 is 5.32 Å². The van der Waals surface area contributed by atoms with E-state index in [1.54, 1.807) is 0 Å². The lowest BCUT2D eigenvalue weighted by Crippen LogP contribution is -2.45. The maximum atomic E-state index is 12.5. The van der Waals surface area contributed by atoms with Gasteiger partial charge in [-0.05, 0) is 57.8 Å². The smallest absolute Gasteiger partial charge is 0.305 e. The number of ether oxygens (including phenoxy) is 1. The lowest BCUT2D eigenvalue weighted by molar-refractivity contribution is -0.143. The third kappa shape index (κ3) is 55.7. The Morgan fingerprint density at radius 1 is 0.400 bits per heavy atom. The average molecular weight is 987 g/mol. The molecule has 70 heavy (non-hydrogen) atoms. The van der Waals surface area contributed by atoms with Crippen molar-refractivity contribution in [3.05, 3.63) is 24.3 Å². The summed E-state index contributed by atoms with van der Waals surface area (Å²) in [7, 11) is 0. The zero-order chi connectivity index (χ0) is 50.7. The molecule has 0 saturated carbocycles. The molecule has 1 amide bonds. The van der Waals surface area contributed by atoms with Gasteiger partial charge in [0.05, 0.1) is 25.4 Å². The molecule has 6 heteroatoms. The summed E-state index contributed by atoms with van der Waals surface area (Å²) in [5, 5.41) is 23.3. The monoisotopic (exact) mass is 986 g/mol. The molecule has 3 N–H and O–H groups in total. The van der Waals surface area contributed by atoms with Gasteiger partial charge < -0.3 is 20.3 Å². The van der Waals surface area contributed by atoms with Crippen LogP contribution >= 0.6 is 0 Å². The highest BCUT2D eigenvalue weighted by Gasteiger charge is 2.20. The van der Waals surface area contributed by atoms with Crippen molar-refractivity contribution in [2.24, 2.45) is 0 Å². The number of carbonyl (C=O) groups is 2. The van der Waals surface area contributed by atoms with Crippen LogP contribution in [0.15, 0.2) is 24.3 Å². The van der Waals surface area contributed by atoms with Crippen LogP contribution in [-0.4, -0.2) is 47.4 Å². The predicted octanol–water partition coefficient (Wildman–Crippen LogP) is 19.8. The van der Waals surface area contributed by atoms with Crippen LogP contribution in [0.1, 0.15) is 348 Å². The van der Waals surface area contributed by atoms with Crippen molar-refractivity contribution < 1.29 is 24.5 Å². The van der Waals surface area contributed by atoms with E-state index in [1.165, 1.54) is 270 Å². The summed E-state index contributed by atoms with van der Waals surface area (Å²) in [6.45, 7) is 4.97. The van der Waals surface area contributed by atoms with Crippen molar-refractivity contribution >= 4 is 11.9 Å². The summed E-state index contributed by atoms with van der Waals surface area (Å²) in [4.78, 5) is 24.5. The number of aliphatic hydroxyl groups is 2. The molecule has 0 aliphatic rings. The minimum absolute atomic E-state index is 0.00904. The van der Waals surface area contributed by atoms with Gasteiger partial charge in [-0.25, -0.2) is 0 Å². The molecule has 0 spiro atoms. The lowest BCUT2D eigenvalue weighted by atomic mass is 10.0. The number of hydrogen-bond acceptors (Lipinski definition) is 5. The third-order valence-corrected chi connectivity index (χ3v) is 14.8. The second-order valence-electron chi connectivity index (χ2n) is 21.7. The molecule has 0 bridgehead atoms. The van der Waals surface area contributed by atoms with Crippen molar-refractivity contribution in [3.63, 3.8) is 0 Å². The fraction of sp³-hybridized carbons (Fsp3) is 0.906. The zero-order valence-corrected chi connectivity index (χ0v) is 47.3. The first-order valence-electron chi connectivity index (χ1n) is 31.6. The number of esters is 1. The molecule has 0 rings (SSSR count). The maximum absolute atomic E-state index is 12.5. The Morgan fingerprint density at radius 2 is 0.714 bits per heavy atom. The molecule has 0 aliphatic heterocycles. The largest absolute Gasteiger partial charge is 0.466 e. The number of nitrogens with one attached hydrogen (secondary N) is 1. The first kappa shape index (κ1) is 68.3.